The molecule has 25 heavy (non-hydrogen) atoms. The van der Waals surface area contributed by atoms with Crippen LogP contribution in [0.2, 0.25) is 0 Å². The van der Waals surface area contributed by atoms with Gasteiger partial charge in [0, 0.05) is 6.54 Å². The van der Waals surface area contributed by atoms with Crippen molar-refractivity contribution in [3.05, 3.63) is 66.0 Å². The van der Waals surface area contributed by atoms with Gasteiger partial charge in [0.15, 0.2) is 0 Å². The van der Waals surface area contributed by atoms with Crippen LogP contribution in [0.5, 0.6) is 0 Å². The maximum atomic E-state index is 13.2. The van der Waals surface area contributed by atoms with Crippen LogP contribution in [-0.2, 0) is 11.2 Å². The third kappa shape index (κ3) is 2.61. The van der Waals surface area contributed by atoms with Gasteiger partial charge < -0.3 is 14.6 Å². The maximum Gasteiger partial charge on any atom is 0.246 e. The van der Waals surface area contributed by atoms with E-state index in [2.05, 4.69) is 11.1 Å². The number of para-hydroxylation sites is 2. The fourth-order valence-corrected chi connectivity index (χ4v) is 3.76. The first-order valence-electron chi connectivity index (χ1n) is 8.61. The molecule has 0 spiro atoms. The van der Waals surface area contributed by atoms with Gasteiger partial charge >= 0.3 is 0 Å². The van der Waals surface area contributed by atoms with Gasteiger partial charge in [0.05, 0.1) is 30.0 Å². The van der Waals surface area contributed by atoms with E-state index in [1.165, 1.54) is 5.56 Å². The Morgan fingerprint density at radius 3 is 2.84 bits per heavy atom. The number of aliphatic hydroxyl groups is 1. The van der Waals surface area contributed by atoms with Gasteiger partial charge in [-0.2, -0.15) is 0 Å². The summed E-state index contributed by atoms with van der Waals surface area (Å²) in [7, 11) is 0. The van der Waals surface area contributed by atoms with E-state index in [9.17, 15) is 9.90 Å². The highest BCUT2D eigenvalue weighted by Gasteiger charge is 2.33. The van der Waals surface area contributed by atoms with Crippen LogP contribution in [0, 0.1) is 0 Å². The fourth-order valence-electron chi connectivity index (χ4n) is 3.76. The quantitative estimate of drug-likeness (QED) is 0.801. The molecule has 0 bridgehead atoms. The molecule has 1 aliphatic rings. The van der Waals surface area contributed by atoms with Crippen molar-refractivity contribution in [2.24, 2.45) is 0 Å². The van der Waals surface area contributed by atoms with Crippen molar-refractivity contribution in [2.45, 2.75) is 25.4 Å². The lowest BCUT2D eigenvalue weighted by Gasteiger charge is -2.38. The minimum atomic E-state index is -0.369. The number of benzene rings is 2. The molecule has 2 heterocycles. The van der Waals surface area contributed by atoms with Crippen LogP contribution in [0.3, 0.4) is 0 Å². The van der Waals surface area contributed by atoms with E-state index >= 15 is 0 Å². The van der Waals surface area contributed by atoms with Crippen LogP contribution >= 0.6 is 0 Å². The molecule has 0 saturated carbocycles. The van der Waals surface area contributed by atoms with Crippen LogP contribution in [-0.4, -0.2) is 38.6 Å². The third-order valence-corrected chi connectivity index (χ3v) is 5.12. The van der Waals surface area contributed by atoms with E-state index in [-0.39, 0.29) is 24.6 Å². The molecule has 2 aromatic carbocycles. The lowest BCUT2D eigenvalue weighted by molar-refractivity contribution is -0.138. The van der Waals surface area contributed by atoms with Crippen molar-refractivity contribution in [3.63, 3.8) is 0 Å². The summed E-state index contributed by atoms with van der Waals surface area (Å²) in [4.78, 5) is 19.4. The lowest BCUT2D eigenvalue weighted by Crippen LogP contribution is -2.44. The first-order valence-corrected chi connectivity index (χ1v) is 8.61. The molecule has 5 heteroatoms. The Morgan fingerprint density at radius 2 is 2.00 bits per heavy atom. The van der Waals surface area contributed by atoms with E-state index in [0.29, 0.717) is 6.54 Å². The summed E-state index contributed by atoms with van der Waals surface area (Å²) in [5.41, 5.74) is 4.09. The monoisotopic (exact) mass is 335 g/mol. The molecule has 128 valence electrons. The van der Waals surface area contributed by atoms with Crippen LogP contribution in [0.15, 0.2) is 54.9 Å². The third-order valence-electron chi connectivity index (χ3n) is 5.12. The highest BCUT2D eigenvalue weighted by molar-refractivity contribution is 5.84. The van der Waals surface area contributed by atoms with E-state index < -0.39 is 0 Å². The van der Waals surface area contributed by atoms with E-state index in [0.717, 1.165) is 23.0 Å². The number of fused-ring (bicyclic) bond motifs is 2. The number of amides is 1. The number of carbonyl (C=O) groups is 1. The zero-order chi connectivity index (χ0) is 17.4. The van der Waals surface area contributed by atoms with Crippen LogP contribution in [0.1, 0.15) is 30.1 Å². The number of hydrogen-bond donors (Lipinski definition) is 1. The Bertz CT molecular complexity index is 918. The zero-order valence-corrected chi connectivity index (χ0v) is 14.2. The van der Waals surface area contributed by atoms with Gasteiger partial charge in [-0.05, 0) is 36.6 Å². The number of hydrogen-bond acceptors (Lipinski definition) is 3. The summed E-state index contributed by atoms with van der Waals surface area (Å²) in [5.74, 6) is 0.0108. The summed E-state index contributed by atoms with van der Waals surface area (Å²) in [5, 5.41) is 9.93. The van der Waals surface area contributed by atoms with Crippen molar-refractivity contribution >= 4 is 16.9 Å². The fraction of sp³-hybridized carbons (Fsp3) is 0.300. The van der Waals surface area contributed by atoms with Gasteiger partial charge in [-0.3, -0.25) is 4.79 Å². The highest BCUT2D eigenvalue weighted by atomic mass is 16.3. The second-order valence-corrected chi connectivity index (χ2v) is 6.50. The summed E-state index contributed by atoms with van der Waals surface area (Å²) >= 11 is 0. The molecule has 1 aliphatic heterocycles. The van der Waals surface area contributed by atoms with Crippen molar-refractivity contribution in [3.8, 4) is 0 Å². The average molecular weight is 335 g/mol. The van der Waals surface area contributed by atoms with Crippen LogP contribution in [0.4, 0.5) is 0 Å². The smallest absolute Gasteiger partial charge is 0.246 e. The van der Waals surface area contributed by atoms with Gasteiger partial charge in [0.2, 0.25) is 5.91 Å². The largest absolute Gasteiger partial charge is 0.394 e. The first kappa shape index (κ1) is 15.8. The molecule has 2 atom stereocenters. The SMILES string of the molecule is C[C@@H](C(=O)N1CCc2ccccc2[C@@H]1CO)n1cnc2ccccc21. The Hall–Kier alpha value is -2.66. The van der Waals surface area contributed by atoms with Crippen LogP contribution in [0.25, 0.3) is 11.0 Å². The molecular weight excluding hydrogens is 314 g/mol. The number of aliphatic hydroxyl groups excluding tert-OH is 1. The molecular formula is C20H21N3O2. The molecule has 1 amide bonds. The highest BCUT2D eigenvalue weighted by Crippen LogP contribution is 2.31. The summed E-state index contributed by atoms with van der Waals surface area (Å²) in [6.07, 6.45) is 2.54. The molecule has 0 unspecified atom stereocenters. The Kier molecular flexibility index (Phi) is 4.01. The first-order chi connectivity index (χ1) is 12.2. The zero-order valence-electron chi connectivity index (χ0n) is 14.2. The Morgan fingerprint density at radius 1 is 1.24 bits per heavy atom. The Balaban J connectivity index is 1.66. The summed E-state index contributed by atoms with van der Waals surface area (Å²) in [6, 6.07) is 15.2. The average Bonchev–Trinajstić information content (AvgIpc) is 3.10. The minimum absolute atomic E-state index is 0.0108. The summed E-state index contributed by atoms with van der Waals surface area (Å²) < 4.78 is 1.91. The standard InChI is InChI=1S/C20H21N3O2/c1-14(23-13-21-17-8-4-5-9-18(17)23)20(25)22-11-10-15-6-2-3-7-16(15)19(22)12-24/h2-9,13-14,19,24H,10-12H2,1H3/t14-,19-/m0/s1. The van der Waals surface area contributed by atoms with E-state index in [1.807, 2.05) is 58.9 Å². The Labute approximate surface area is 146 Å². The number of imidazole rings is 1. The molecule has 0 fully saturated rings. The van der Waals surface area contributed by atoms with E-state index in [1.54, 1.807) is 6.33 Å². The van der Waals surface area contributed by atoms with Gasteiger partial charge in [0.1, 0.15) is 6.04 Å². The normalized spacial score (nSPS) is 18.2. The molecule has 0 aliphatic carbocycles. The van der Waals surface area contributed by atoms with Gasteiger partial charge in [-0.15, -0.1) is 0 Å². The maximum absolute atomic E-state index is 13.2. The number of carbonyl (C=O) groups excluding carboxylic acids is 1. The van der Waals surface area contributed by atoms with Crippen molar-refractivity contribution < 1.29 is 9.90 Å². The summed E-state index contributed by atoms with van der Waals surface area (Å²) in [6.45, 7) is 2.45. The molecule has 1 aromatic heterocycles. The number of aromatic nitrogens is 2. The van der Waals surface area contributed by atoms with Gasteiger partial charge in [-0.25, -0.2) is 4.98 Å². The molecule has 4 rings (SSSR count). The van der Waals surface area contributed by atoms with Crippen molar-refractivity contribution in [1.29, 1.82) is 0 Å². The molecule has 0 radical (unpaired) electrons. The molecule has 0 saturated heterocycles. The number of rotatable bonds is 3. The number of nitrogens with zero attached hydrogens (tertiary/aromatic N) is 3. The van der Waals surface area contributed by atoms with Gasteiger partial charge in [0.25, 0.3) is 0 Å². The molecule has 3 aromatic rings. The van der Waals surface area contributed by atoms with Crippen molar-refractivity contribution in [1.82, 2.24) is 14.5 Å². The van der Waals surface area contributed by atoms with Gasteiger partial charge in [-0.1, -0.05) is 36.4 Å². The predicted molar refractivity (Wildman–Crippen MR) is 96.1 cm³/mol. The topological polar surface area (TPSA) is 58.4 Å². The predicted octanol–water partition coefficient (Wildman–Crippen LogP) is 2.72. The molecule has 1 N–H and O–H groups in total. The van der Waals surface area contributed by atoms with Crippen LogP contribution < -0.4 is 0 Å². The molecule has 5 nitrogen and oxygen atoms in total. The minimum Gasteiger partial charge on any atom is -0.394 e. The lowest BCUT2D eigenvalue weighted by atomic mass is 9.92. The van der Waals surface area contributed by atoms with Crippen molar-refractivity contribution in [2.75, 3.05) is 13.2 Å². The van der Waals surface area contributed by atoms with E-state index in [4.69, 9.17) is 0 Å². The second-order valence-electron chi connectivity index (χ2n) is 6.50. The second kappa shape index (κ2) is 6.33.